The van der Waals surface area contributed by atoms with E-state index < -0.39 is 5.60 Å². The van der Waals surface area contributed by atoms with Crippen LogP contribution in [0.25, 0.3) is 10.8 Å². The van der Waals surface area contributed by atoms with Crippen LogP contribution >= 0.6 is 0 Å². The number of benzene rings is 2. The minimum Gasteiger partial charge on any atom is -0.444 e. The molecule has 0 unspecified atom stereocenters. The van der Waals surface area contributed by atoms with Gasteiger partial charge in [-0.25, -0.2) is 9.89 Å². The van der Waals surface area contributed by atoms with Gasteiger partial charge in [0.05, 0.1) is 11.1 Å². The molecule has 2 saturated carbocycles. The Morgan fingerprint density at radius 1 is 1.06 bits per heavy atom. The van der Waals surface area contributed by atoms with Gasteiger partial charge in [0.15, 0.2) is 0 Å². The van der Waals surface area contributed by atoms with Crippen LogP contribution in [-0.4, -0.2) is 40.5 Å². The Balaban J connectivity index is 1.15. The van der Waals surface area contributed by atoms with Gasteiger partial charge in [-0.3, -0.25) is 4.79 Å². The minimum absolute atomic E-state index is 0.0513. The summed E-state index contributed by atoms with van der Waals surface area (Å²) in [5.74, 6) is 0.396. The van der Waals surface area contributed by atoms with Gasteiger partial charge in [-0.1, -0.05) is 48.5 Å². The van der Waals surface area contributed by atoms with Gasteiger partial charge < -0.3 is 15.4 Å². The highest BCUT2D eigenvalue weighted by molar-refractivity contribution is 5.84. The lowest BCUT2D eigenvalue weighted by Gasteiger charge is -2.58. The maximum atomic E-state index is 12.4. The fraction of sp³-hybridized carbons (Fsp3) is 0.483. The lowest BCUT2D eigenvalue weighted by molar-refractivity contribution is -0.0223. The van der Waals surface area contributed by atoms with Crippen LogP contribution in [0, 0.1) is 5.41 Å². The van der Waals surface area contributed by atoms with E-state index in [-0.39, 0.29) is 17.7 Å². The number of carbonyl (C=O) groups excluding carboxylic acids is 1. The first-order valence-electron chi connectivity index (χ1n) is 12.9. The van der Waals surface area contributed by atoms with Gasteiger partial charge in [0.25, 0.3) is 5.56 Å². The van der Waals surface area contributed by atoms with E-state index in [4.69, 9.17) is 4.74 Å². The highest BCUT2D eigenvalue weighted by Crippen LogP contribution is 2.62. The maximum Gasteiger partial charge on any atom is 0.407 e. The number of H-pyrrole nitrogens is 1. The molecule has 5 rings (SSSR count). The van der Waals surface area contributed by atoms with Crippen molar-refractivity contribution in [3.63, 3.8) is 0 Å². The van der Waals surface area contributed by atoms with Crippen LogP contribution in [0.5, 0.6) is 0 Å². The van der Waals surface area contributed by atoms with Crippen LogP contribution < -0.4 is 16.2 Å². The number of amides is 1. The SMILES string of the molecule is CC(C)(C)OC(=O)N[C@H](CN[C@H]1CC2(C1)C[C@H](c1n[nH]c(=O)c3ccccc31)C2)Cc1ccccc1. The van der Waals surface area contributed by atoms with E-state index >= 15 is 0 Å². The summed E-state index contributed by atoms with van der Waals surface area (Å²) in [5.41, 5.74) is 1.93. The summed E-state index contributed by atoms with van der Waals surface area (Å²) >= 11 is 0. The normalized spacial score (nSPS) is 24.1. The van der Waals surface area contributed by atoms with Gasteiger partial charge in [0.2, 0.25) is 0 Å². The van der Waals surface area contributed by atoms with E-state index in [1.165, 1.54) is 5.56 Å². The van der Waals surface area contributed by atoms with Crippen LogP contribution in [0.3, 0.4) is 0 Å². The predicted octanol–water partition coefficient (Wildman–Crippen LogP) is 4.67. The Morgan fingerprint density at radius 3 is 2.42 bits per heavy atom. The van der Waals surface area contributed by atoms with Gasteiger partial charge in [0, 0.05) is 29.9 Å². The van der Waals surface area contributed by atoms with E-state index in [2.05, 4.69) is 33.0 Å². The number of hydrogen-bond donors (Lipinski definition) is 3. The zero-order chi connectivity index (χ0) is 25.3. The number of nitrogens with zero attached hydrogens (tertiary/aromatic N) is 1. The Bertz CT molecular complexity index is 1270. The summed E-state index contributed by atoms with van der Waals surface area (Å²) in [5, 5.41) is 15.6. The summed E-state index contributed by atoms with van der Waals surface area (Å²) in [7, 11) is 0. The van der Waals surface area contributed by atoms with Crippen LogP contribution in [0.1, 0.15) is 63.6 Å². The van der Waals surface area contributed by atoms with Crippen LogP contribution in [0.4, 0.5) is 4.79 Å². The Kier molecular flexibility index (Phi) is 6.60. The molecule has 1 spiro atoms. The molecular formula is C29H36N4O3. The smallest absolute Gasteiger partial charge is 0.407 e. The van der Waals surface area contributed by atoms with Crippen molar-refractivity contribution in [3.8, 4) is 0 Å². The number of carbonyl (C=O) groups is 1. The summed E-state index contributed by atoms with van der Waals surface area (Å²) < 4.78 is 5.50. The van der Waals surface area contributed by atoms with Crippen molar-refractivity contribution >= 4 is 16.9 Å². The fourth-order valence-electron chi connectivity index (χ4n) is 5.95. The number of hydrogen-bond acceptors (Lipinski definition) is 5. The summed E-state index contributed by atoms with van der Waals surface area (Å²) in [6, 6.07) is 18.4. The zero-order valence-electron chi connectivity index (χ0n) is 21.3. The van der Waals surface area contributed by atoms with E-state index in [9.17, 15) is 9.59 Å². The molecule has 1 heterocycles. The van der Waals surface area contributed by atoms with E-state index in [0.717, 1.165) is 48.6 Å². The highest BCUT2D eigenvalue weighted by Gasteiger charge is 2.53. The first-order valence-corrected chi connectivity index (χ1v) is 12.9. The van der Waals surface area contributed by atoms with Gasteiger partial charge in [-0.15, -0.1) is 0 Å². The van der Waals surface area contributed by atoms with Crippen molar-refractivity contribution in [1.82, 2.24) is 20.8 Å². The average Bonchev–Trinajstić information content (AvgIpc) is 2.77. The lowest BCUT2D eigenvalue weighted by Crippen LogP contribution is -2.57. The van der Waals surface area contributed by atoms with Gasteiger partial charge in [0.1, 0.15) is 5.60 Å². The molecule has 7 nitrogen and oxygen atoms in total. The van der Waals surface area contributed by atoms with E-state index in [1.54, 1.807) is 0 Å². The number of alkyl carbamates (subject to hydrolysis) is 1. The molecule has 0 bridgehead atoms. The second-order valence-electron chi connectivity index (χ2n) is 11.6. The Labute approximate surface area is 212 Å². The van der Waals surface area contributed by atoms with E-state index in [0.29, 0.717) is 23.9 Å². The molecule has 0 aliphatic heterocycles. The molecular weight excluding hydrogens is 452 g/mol. The molecule has 0 saturated heterocycles. The molecule has 7 heteroatoms. The second-order valence-corrected chi connectivity index (χ2v) is 11.6. The molecule has 2 fully saturated rings. The summed E-state index contributed by atoms with van der Waals surface area (Å²) in [6.45, 7) is 6.33. The molecule has 3 N–H and O–H groups in total. The largest absolute Gasteiger partial charge is 0.444 e. The Morgan fingerprint density at radius 2 is 1.72 bits per heavy atom. The molecule has 2 aliphatic rings. The van der Waals surface area contributed by atoms with Crippen LogP contribution in [0.2, 0.25) is 0 Å². The third kappa shape index (κ3) is 5.46. The summed E-state index contributed by atoms with van der Waals surface area (Å²) in [6.07, 6.45) is 4.86. The molecule has 2 aromatic carbocycles. The van der Waals surface area contributed by atoms with Gasteiger partial charge >= 0.3 is 6.09 Å². The van der Waals surface area contributed by atoms with Crippen LogP contribution in [-0.2, 0) is 11.2 Å². The van der Waals surface area contributed by atoms with Crippen molar-refractivity contribution in [2.24, 2.45) is 5.41 Å². The molecule has 36 heavy (non-hydrogen) atoms. The van der Waals surface area contributed by atoms with Crippen molar-refractivity contribution in [1.29, 1.82) is 0 Å². The van der Waals surface area contributed by atoms with Gasteiger partial charge in [-0.2, -0.15) is 5.10 Å². The minimum atomic E-state index is -0.526. The third-order valence-corrected chi connectivity index (χ3v) is 7.53. The Hall–Kier alpha value is -3.19. The van der Waals surface area contributed by atoms with Crippen molar-refractivity contribution in [3.05, 3.63) is 76.2 Å². The van der Waals surface area contributed by atoms with Crippen LogP contribution in [0.15, 0.2) is 59.4 Å². The molecule has 1 amide bonds. The van der Waals surface area contributed by atoms with E-state index in [1.807, 2.05) is 63.2 Å². The first-order chi connectivity index (χ1) is 17.2. The predicted molar refractivity (Wildman–Crippen MR) is 141 cm³/mol. The monoisotopic (exact) mass is 488 g/mol. The van der Waals surface area contributed by atoms with Crippen molar-refractivity contribution < 1.29 is 9.53 Å². The fourth-order valence-corrected chi connectivity index (χ4v) is 5.95. The molecule has 0 radical (unpaired) electrons. The molecule has 1 aromatic heterocycles. The quantitative estimate of drug-likeness (QED) is 0.449. The lowest BCUT2D eigenvalue weighted by atomic mass is 9.49. The third-order valence-electron chi connectivity index (χ3n) is 7.53. The average molecular weight is 489 g/mol. The molecule has 190 valence electrons. The summed E-state index contributed by atoms with van der Waals surface area (Å²) in [4.78, 5) is 24.6. The van der Waals surface area contributed by atoms with Crippen molar-refractivity contribution in [2.75, 3.05) is 6.54 Å². The molecule has 1 atom stereocenters. The highest BCUT2D eigenvalue weighted by atomic mass is 16.6. The zero-order valence-corrected chi connectivity index (χ0v) is 21.3. The molecule has 2 aliphatic carbocycles. The standard InChI is InChI=1S/C29H36N4O3/c1-28(2,3)36-27(35)31-21(13-19-9-5-4-6-10-19)18-30-22-16-29(17-22)14-20(15-29)25-23-11-7-8-12-24(23)26(34)33-32-25/h4-12,20-22,30H,13-18H2,1-3H3,(H,31,35)(H,33,34)/t20-,21-,22-,29?/m0/s1. The van der Waals surface area contributed by atoms with Gasteiger partial charge in [-0.05, 0) is 69.9 Å². The second kappa shape index (κ2) is 9.69. The maximum absolute atomic E-state index is 12.4. The number of rotatable bonds is 7. The number of nitrogens with one attached hydrogen (secondary N) is 3. The number of aromatic nitrogens is 2. The first kappa shape index (κ1) is 24.5. The number of aromatic amines is 1. The topological polar surface area (TPSA) is 96.1 Å². The number of fused-ring (bicyclic) bond motifs is 1. The molecule has 3 aromatic rings. The number of ether oxygens (including phenoxy) is 1. The van der Waals surface area contributed by atoms with Crippen molar-refractivity contribution in [2.45, 2.75) is 76.5 Å².